The van der Waals surface area contributed by atoms with Gasteiger partial charge in [0.2, 0.25) is 5.76 Å². The maximum Gasteiger partial charge on any atom is 0.371 e. The van der Waals surface area contributed by atoms with E-state index in [0.717, 1.165) is 12.8 Å². The number of hydrogen-bond acceptors (Lipinski definition) is 4. The van der Waals surface area contributed by atoms with E-state index in [9.17, 15) is 9.59 Å². The third kappa shape index (κ3) is 4.62. The SMILES string of the molecule is O=C(NC1CCCCC1)c1ccc(OCc2ccc(C(=O)O)o2)cc1. The Balaban J connectivity index is 1.52. The van der Waals surface area contributed by atoms with Gasteiger partial charge in [0.15, 0.2) is 0 Å². The Labute approximate surface area is 145 Å². The number of aromatic carboxylic acids is 1. The lowest BCUT2D eigenvalue weighted by atomic mass is 9.95. The molecule has 0 bridgehead atoms. The van der Waals surface area contributed by atoms with Crippen molar-refractivity contribution < 1.29 is 23.8 Å². The standard InChI is InChI=1S/C19H21NO5/c21-18(20-14-4-2-1-3-5-14)13-6-8-15(9-7-13)24-12-16-10-11-17(25-16)19(22)23/h6-11,14H,1-5,12H2,(H,20,21)(H,22,23). The van der Waals surface area contributed by atoms with E-state index in [1.807, 2.05) is 0 Å². The highest BCUT2D eigenvalue weighted by molar-refractivity contribution is 5.94. The number of amides is 1. The van der Waals surface area contributed by atoms with Crippen molar-refractivity contribution in [1.82, 2.24) is 5.32 Å². The van der Waals surface area contributed by atoms with Crippen molar-refractivity contribution in [2.75, 3.05) is 0 Å². The quantitative estimate of drug-likeness (QED) is 0.836. The van der Waals surface area contributed by atoms with Gasteiger partial charge in [-0.25, -0.2) is 4.79 Å². The molecule has 1 aromatic carbocycles. The number of carbonyl (C=O) groups excluding carboxylic acids is 1. The van der Waals surface area contributed by atoms with Crippen molar-refractivity contribution >= 4 is 11.9 Å². The number of carbonyl (C=O) groups is 2. The monoisotopic (exact) mass is 343 g/mol. The molecule has 3 rings (SSSR count). The zero-order chi connectivity index (χ0) is 17.6. The number of ether oxygens (including phenoxy) is 1. The Morgan fingerprint density at radius 1 is 1.08 bits per heavy atom. The predicted octanol–water partition coefficient (Wildman–Crippen LogP) is 3.62. The average Bonchev–Trinajstić information content (AvgIpc) is 3.11. The van der Waals surface area contributed by atoms with Crippen LogP contribution in [0.3, 0.4) is 0 Å². The van der Waals surface area contributed by atoms with Gasteiger partial charge in [0.25, 0.3) is 5.91 Å². The summed E-state index contributed by atoms with van der Waals surface area (Å²) in [5.41, 5.74) is 0.601. The van der Waals surface area contributed by atoms with Gasteiger partial charge in [0, 0.05) is 11.6 Å². The van der Waals surface area contributed by atoms with Crippen molar-refractivity contribution in [1.29, 1.82) is 0 Å². The Bertz CT molecular complexity index is 729. The van der Waals surface area contributed by atoms with Gasteiger partial charge in [-0.15, -0.1) is 0 Å². The second-order valence-electron chi connectivity index (χ2n) is 6.19. The summed E-state index contributed by atoms with van der Waals surface area (Å²) in [6, 6.07) is 10.1. The minimum Gasteiger partial charge on any atom is -0.486 e. The molecular weight excluding hydrogens is 322 g/mol. The van der Waals surface area contributed by atoms with E-state index in [2.05, 4.69) is 5.32 Å². The number of rotatable bonds is 6. The molecule has 1 heterocycles. The van der Waals surface area contributed by atoms with Crippen LogP contribution >= 0.6 is 0 Å². The largest absolute Gasteiger partial charge is 0.486 e. The summed E-state index contributed by atoms with van der Waals surface area (Å²) in [7, 11) is 0. The lowest BCUT2D eigenvalue weighted by Crippen LogP contribution is -2.36. The summed E-state index contributed by atoms with van der Waals surface area (Å²) in [6.45, 7) is 0.126. The minimum atomic E-state index is -1.11. The van der Waals surface area contributed by atoms with Crippen LogP contribution < -0.4 is 10.1 Å². The summed E-state index contributed by atoms with van der Waals surface area (Å²) in [6.07, 6.45) is 5.70. The zero-order valence-corrected chi connectivity index (χ0v) is 13.9. The summed E-state index contributed by atoms with van der Waals surface area (Å²) in [5, 5.41) is 11.9. The number of carboxylic acid groups (broad SMARTS) is 1. The first kappa shape index (κ1) is 17.1. The number of nitrogens with one attached hydrogen (secondary N) is 1. The van der Waals surface area contributed by atoms with Crippen LogP contribution in [0.2, 0.25) is 0 Å². The molecule has 0 unspecified atom stereocenters. The first-order valence-corrected chi connectivity index (χ1v) is 8.47. The Morgan fingerprint density at radius 2 is 1.80 bits per heavy atom. The molecule has 132 valence electrons. The van der Waals surface area contributed by atoms with E-state index in [1.54, 1.807) is 30.3 Å². The molecule has 2 aromatic rings. The topological polar surface area (TPSA) is 88.8 Å². The van der Waals surface area contributed by atoms with Crippen molar-refractivity contribution in [2.45, 2.75) is 44.8 Å². The molecule has 6 nitrogen and oxygen atoms in total. The summed E-state index contributed by atoms with van der Waals surface area (Å²) < 4.78 is 10.7. The van der Waals surface area contributed by atoms with E-state index in [-0.39, 0.29) is 24.3 Å². The van der Waals surface area contributed by atoms with Gasteiger partial charge >= 0.3 is 5.97 Å². The second-order valence-corrected chi connectivity index (χ2v) is 6.19. The van der Waals surface area contributed by atoms with Crippen LogP contribution in [0, 0.1) is 0 Å². The minimum absolute atomic E-state index is 0.0596. The van der Waals surface area contributed by atoms with E-state index in [1.165, 1.54) is 25.3 Å². The molecule has 1 aliphatic carbocycles. The van der Waals surface area contributed by atoms with Crippen LogP contribution in [-0.4, -0.2) is 23.0 Å². The predicted molar refractivity (Wildman–Crippen MR) is 90.8 cm³/mol. The van der Waals surface area contributed by atoms with Crippen LogP contribution in [0.1, 0.15) is 58.8 Å². The third-order valence-corrected chi connectivity index (χ3v) is 4.31. The second kappa shape index (κ2) is 7.88. The van der Waals surface area contributed by atoms with Crippen molar-refractivity contribution in [3.8, 4) is 5.75 Å². The highest BCUT2D eigenvalue weighted by atomic mass is 16.5. The molecule has 0 atom stereocenters. The van der Waals surface area contributed by atoms with Crippen LogP contribution in [0.15, 0.2) is 40.8 Å². The van der Waals surface area contributed by atoms with Gasteiger partial charge in [-0.2, -0.15) is 0 Å². The highest BCUT2D eigenvalue weighted by Crippen LogP contribution is 2.19. The van der Waals surface area contributed by atoms with E-state index in [4.69, 9.17) is 14.3 Å². The summed E-state index contributed by atoms with van der Waals surface area (Å²) in [5.74, 6) is -0.275. The molecule has 1 amide bonds. The van der Waals surface area contributed by atoms with Gasteiger partial charge in [-0.05, 0) is 49.2 Å². The fourth-order valence-electron chi connectivity index (χ4n) is 2.94. The number of furan rings is 1. The summed E-state index contributed by atoms with van der Waals surface area (Å²) in [4.78, 5) is 23.0. The third-order valence-electron chi connectivity index (χ3n) is 4.31. The molecule has 1 fully saturated rings. The molecule has 0 radical (unpaired) electrons. The first-order valence-electron chi connectivity index (χ1n) is 8.47. The normalized spacial score (nSPS) is 14.9. The zero-order valence-electron chi connectivity index (χ0n) is 13.9. The Hall–Kier alpha value is -2.76. The molecule has 6 heteroatoms. The van der Waals surface area contributed by atoms with Crippen molar-refractivity contribution in [3.05, 3.63) is 53.5 Å². The van der Waals surface area contributed by atoms with Crippen LogP contribution in [0.5, 0.6) is 5.75 Å². The first-order chi connectivity index (χ1) is 12.1. The van der Waals surface area contributed by atoms with Crippen LogP contribution in [0.25, 0.3) is 0 Å². The number of benzene rings is 1. The van der Waals surface area contributed by atoms with Gasteiger partial charge in [-0.1, -0.05) is 19.3 Å². The number of carboxylic acids is 1. The lowest BCUT2D eigenvalue weighted by Gasteiger charge is -2.22. The maximum atomic E-state index is 12.2. The van der Waals surface area contributed by atoms with Crippen molar-refractivity contribution in [2.24, 2.45) is 0 Å². The van der Waals surface area contributed by atoms with Gasteiger partial charge in [-0.3, -0.25) is 4.79 Å². The fourth-order valence-corrected chi connectivity index (χ4v) is 2.94. The molecule has 1 aliphatic rings. The van der Waals surface area contributed by atoms with Crippen molar-refractivity contribution in [3.63, 3.8) is 0 Å². The van der Waals surface area contributed by atoms with E-state index < -0.39 is 5.97 Å². The average molecular weight is 343 g/mol. The fraction of sp³-hybridized carbons (Fsp3) is 0.368. The Morgan fingerprint density at radius 3 is 2.44 bits per heavy atom. The summed E-state index contributed by atoms with van der Waals surface area (Å²) >= 11 is 0. The smallest absolute Gasteiger partial charge is 0.371 e. The van der Waals surface area contributed by atoms with E-state index in [0.29, 0.717) is 17.1 Å². The van der Waals surface area contributed by atoms with Gasteiger partial charge in [0.1, 0.15) is 18.1 Å². The highest BCUT2D eigenvalue weighted by Gasteiger charge is 2.16. The maximum absolute atomic E-state index is 12.2. The molecule has 25 heavy (non-hydrogen) atoms. The molecule has 0 aliphatic heterocycles. The van der Waals surface area contributed by atoms with E-state index >= 15 is 0 Å². The molecule has 1 saturated carbocycles. The Kier molecular flexibility index (Phi) is 5.38. The number of hydrogen-bond donors (Lipinski definition) is 2. The molecule has 0 saturated heterocycles. The van der Waals surface area contributed by atoms with Crippen LogP contribution in [0.4, 0.5) is 0 Å². The van der Waals surface area contributed by atoms with Gasteiger partial charge in [0.05, 0.1) is 0 Å². The van der Waals surface area contributed by atoms with Gasteiger partial charge < -0.3 is 19.6 Å². The molecule has 2 N–H and O–H groups in total. The molecule has 1 aromatic heterocycles. The molecule has 0 spiro atoms. The molecular formula is C19H21NO5. The van der Waals surface area contributed by atoms with Crippen LogP contribution in [-0.2, 0) is 6.61 Å². The lowest BCUT2D eigenvalue weighted by molar-refractivity contribution is 0.0658.